The van der Waals surface area contributed by atoms with Crippen LogP contribution in [-0.4, -0.2) is 21.1 Å². The monoisotopic (exact) mass is 284 g/mol. The summed E-state index contributed by atoms with van der Waals surface area (Å²) in [6.45, 7) is 2.23. The average Bonchev–Trinajstić information content (AvgIpc) is 2.68. The second kappa shape index (κ2) is 5.03. The van der Waals surface area contributed by atoms with Crippen molar-refractivity contribution in [2.45, 2.75) is 12.1 Å². The van der Waals surface area contributed by atoms with E-state index in [1.165, 1.54) is 0 Å². The lowest BCUT2D eigenvalue weighted by atomic mass is 10.3. The second-order valence-electron chi connectivity index (χ2n) is 3.63. The van der Waals surface area contributed by atoms with Crippen LogP contribution in [0.25, 0.3) is 11.0 Å². The number of nitrogens with one attached hydrogen (secondary N) is 1. The molecule has 15 heavy (non-hydrogen) atoms. The van der Waals surface area contributed by atoms with Gasteiger partial charge in [0.15, 0.2) is 5.16 Å². The number of thioether (sulfide) groups is 1. The van der Waals surface area contributed by atoms with Gasteiger partial charge in [0, 0.05) is 11.1 Å². The molecular weight excluding hydrogens is 272 g/mol. The zero-order chi connectivity index (χ0) is 10.7. The molecule has 0 bridgehead atoms. The largest absolute Gasteiger partial charge is 0.333 e. The Kier molecular flexibility index (Phi) is 3.70. The molecular formula is C11H13BrN2S. The number of hydrogen-bond acceptors (Lipinski definition) is 2. The van der Waals surface area contributed by atoms with Gasteiger partial charge in [-0.05, 0) is 18.1 Å². The molecule has 2 aromatic rings. The van der Waals surface area contributed by atoms with Crippen LogP contribution in [0.15, 0.2) is 29.4 Å². The fourth-order valence-corrected chi connectivity index (χ4v) is 2.70. The molecule has 0 saturated carbocycles. The number of H-pyrrole nitrogens is 1. The van der Waals surface area contributed by atoms with Gasteiger partial charge in [0.1, 0.15) is 0 Å². The van der Waals surface area contributed by atoms with Crippen LogP contribution in [0.1, 0.15) is 6.92 Å². The highest BCUT2D eigenvalue weighted by molar-refractivity contribution is 9.09. The van der Waals surface area contributed by atoms with Crippen molar-refractivity contribution in [1.82, 2.24) is 9.97 Å². The SMILES string of the molecule is CC(CBr)CSc1nc2ccccc2[nH]1. The zero-order valence-electron chi connectivity index (χ0n) is 8.53. The zero-order valence-corrected chi connectivity index (χ0v) is 10.9. The number of hydrogen-bond donors (Lipinski definition) is 1. The number of aromatic amines is 1. The molecule has 0 aliphatic heterocycles. The Hall–Kier alpha value is -0.480. The van der Waals surface area contributed by atoms with Crippen LogP contribution in [-0.2, 0) is 0 Å². The Bertz CT molecular complexity index is 408. The molecule has 0 aliphatic carbocycles. The van der Waals surface area contributed by atoms with E-state index >= 15 is 0 Å². The topological polar surface area (TPSA) is 28.7 Å². The molecule has 1 N–H and O–H groups in total. The van der Waals surface area contributed by atoms with Gasteiger partial charge < -0.3 is 4.98 Å². The lowest BCUT2D eigenvalue weighted by Gasteiger charge is -2.03. The number of para-hydroxylation sites is 2. The lowest BCUT2D eigenvalue weighted by molar-refractivity contribution is 0.768. The second-order valence-corrected chi connectivity index (χ2v) is 5.29. The molecule has 1 unspecified atom stereocenters. The summed E-state index contributed by atoms with van der Waals surface area (Å²) in [4.78, 5) is 7.82. The van der Waals surface area contributed by atoms with Gasteiger partial charge in [0.05, 0.1) is 11.0 Å². The molecule has 0 spiro atoms. The van der Waals surface area contributed by atoms with Crippen molar-refractivity contribution in [2.24, 2.45) is 5.92 Å². The summed E-state index contributed by atoms with van der Waals surface area (Å²) in [6.07, 6.45) is 0. The first-order valence-corrected chi connectivity index (χ1v) is 7.04. The third-order valence-electron chi connectivity index (χ3n) is 2.14. The van der Waals surface area contributed by atoms with E-state index in [0.717, 1.165) is 27.3 Å². The van der Waals surface area contributed by atoms with Crippen molar-refractivity contribution >= 4 is 38.7 Å². The normalized spacial score (nSPS) is 13.2. The van der Waals surface area contributed by atoms with Gasteiger partial charge >= 0.3 is 0 Å². The quantitative estimate of drug-likeness (QED) is 0.685. The molecule has 1 aromatic heterocycles. The number of imidazole rings is 1. The molecule has 2 nitrogen and oxygen atoms in total. The summed E-state index contributed by atoms with van der Waals surface area (Å²) in [5, 5.41) is 2.06. The number of benzene rings is 1. The Morgan fingerprint density at radius 1 is 1.47 bits per heavy atom. The highest BCUT2D eigenvalue weighted by atomic mass is 79.9. The molecule has 1 heterocycles. The van der Waals surface area contributed by atoms with Crippen LogP contribution in [0.4, 0.5) is 0 Å². The van der Waals surface area contributed by atoms with Crippen LogP contribution in [0.3, 0.4) is 0 Å². The van der Waals surface area contributed by atoms with E-state index in [0.29, 0.717) is 5.92 Å². The minimum Gasteiger partial charge on any atom is -0.333 e. The molecule has 80 valence electrons. The molecule has 2 rings (SSSR count). The van der Waals surface area contributed by atoms with Crippen molar-refractivity contribution < 1.29 is 0 Å². The third-order valence-corrected chi connectivity index (χ3v) is 4.44. The predicted molar refractivity (Wildman–Crippen MR) is 69.8 cm³/mol. The minimum atomic E-state index is 0.670. The molecule has 0 saturated heterocycles. The highest BCUT2D eigenvalue weighted by Crippen LogP contribution is 2.21. The molecule has 4 heteroatoms. The molecule has 0 aliphatic rings. The average molecular weight is 285 g/mol. The van der Waals surface area contributed by atoms with Gasteiger partial charge in [-0.1, -0.05) is 46.7 Å². The first kappa shape index (κ1) is 11.0. The van der Waals surface area contributed by atoms with E-state index in [2.05, 4.69) is 38.9 Å². The van der Waals surface area contributed by atoms with E-state index in [4.69, 9.17) is 0 Å². The van der Waals surface area contributed by atoms with E-state index in [1.807, 2.05) is 18.2 Å². The van der Waals surface area contributed by atoms with Crippen LogP contribution in [0.2, 0.25) is 0 Å². The Balaban J connectivity index is 2.09. The van der Waals surface area contributed by atoms with E-state index < -0.39 is 0 Å². The Morgan fingerprint density at radius 3 is 3.00 bits per heavy atom. The molecule has 0 fully saturated rings. The Labute approximate surface area is 102 Å². The number of fused-ring (bicyclic) bond motifs is 1. The maximum atomic E-state index is 4.51. The standard InChI is InChI=1S/C11H13BrN2S/c1-8(6-12)7-15-11-13-9-4-2-3-5-10(9)14-11/h2-5,8H,6-7H2,1H3,(H,13,14). The molecule has 0 radical (unpaired) electrons. The predicted octanol–water partition coefficient (Wildman–Crippen LogP) is 3.69. The van der Waals surface area contributed by atoms with Gasteiger partial charge in [0.25, 0.3) is 0 Å². The van der Waals surface area contributed by atoms with Crippen molar-refractivity contribution in [3.63, 3.8) is 0 Å². The molecule has 1 aromatic carbocycles. The highest BCUT2D eigenvalue weighted by Gasteiger charge is 2.05. The summed E-state index contributed by atoms with van der Waals surface area (Å²) < 4.78 is 0. The molecule has 1 atom stereocenters. The van der Waals surface area contributed by atoms with Gasteiger partial charge in [-0.3, -0.25) is 0 Å². The number of alkyl halides is 1. The summed E-state index contributed by atoms with van der Waals surface area (Å²) >= 11 is 5.26. The van der Waals surface area contributed by atoms with E-state index in [1.54, 1.807) is 11.8 Å². The fraction of sp³-hybridized carbons (Fsp3) is 0.364. The maximum Gasteiger partial charge on any atom is 0.166 e. The molecule has 0 amide bonds. The van der Waals surface area contributed by atoms with Crippen molar-refractivity contribution in [3.05, 3.63) is 24.3 Å². The van der Waals surface area contributed by atoms with E-state index in [9.17, 15) is 0 Å². The summed E-state index contributed by atoms with van der Waals surface area (Å²) in [7, 11) is 0. The number of rotatable bonds is 4. The van der Waals surface area contributed by atoms with Crippen LogP contribution in [0.5, 0.6) is 0 Å². The third kappa shape index (κ3) is 2.75. The first-order valence-electron chi connectivity index (χ1n) is 4.93. The van der Waals surface area contributed by atoms with Gasteiger partial charge in [0.2, 0.25) is 0 Å². The van der Waals surface area contributed by atoms with Gasteiger partial charge in [-0.2, -0.15) is 0 Å². The fourth-order valence-electron chi connectivity index (χ4n) is 1.26. The summed E-state index contributed by atoms with van der Waals surface area (Å²) in [5.41, 5.74) is 2.16. The van der Waals surface area contributed by atoms with Crippen molar-refractivity contribution in [1.29, 1.82) is 0 Å². The van der Waals surface area contributed by atoms with Gasteiger partial charge in [-0.15, -0.1) is 0 Å². The van der Waals surface area contributed by atoms with Crippen LogP contribution in [0, 0.1) is 5.92 Å². The first-order chi connectivity index (χ1) is 7.29. The van der Waals surface area contributed by atoms with Crippen molar-refractivity contribution in [2.75, 3.05) is 11.1 Å². The smallest absolute Gasteiger partial charge is 0.166 e. The number of aromatic nitrogens is 2. The van der Waals surface area contributed by atoms with Crippen molar-refractivity contribution in [3.8, 4) is 0 Å². The Morgan fingerprint density at radius 2 is 2.27 bits per heavy atom. The summed E-state index contributed by atoms with van der Waals surface area (Å²) in [6, 6.07) is 8.12. The van der Waals surface area contributed by atoms with E-state index in [-0.39, 0.29) is 0 Å². The minimum absolute atomic E-state index is 0.670. The maximum absolute atomic E-state index is 4.51. The number of nitrogens with zero attached hydrogens (tertiary/aromatic N) is 1. The lowest BCUT2D eigenvalue weighted by Crippen LogP contribution is -1.98. The van der Waals surface area contributed by atoms with Crippen LogP contribution < -0.4 is 0 Å². The number of halogens is 1. The summed E-state index contributed by atoms with van der Waals surface area (Å²) in [5.74, 6) is 1.76. The van der Waals surface area contributed by atoms with Gasteiger partial charge in [-0.25, -0.2) is 4.98 Å². The van der Waals surface area contributed by atoms with Crippen LogP contribution >= 0.6 is 27.7 Å².